The SMILES string of the molecule is CCC1CCCCC1Oc1cc(C(=O)O)c(N)cc1F. The Morgan fingerprint density at radius 1 is 1.45 bits per heavy atom. The van der Waals surface area contributed by atoms with Gasteiger partial charge in [0, 0.05) is 11.8 Å². The summed E-state index contributed by atoms with van der Waals surface area (Å²) in [6.07, 6.45) is 5.11. The molecule has 20 heavy (non-hydrogen) atoms. The molecular formula is C15H20FNO3. The Morgan fingerprint density at radius 2 is 2.15 bits per heavy atom. The molecule has 0 bridgehead atoms. The highest BCUT2D eigenvalue weighted by Gasteiger charge is 2.26. The van der Waals surface area contributed by atoms with Gasteiger partial charge in [0.15, 0.2) is 11.6 Å². The van der Waals surface area contributed by atoms with Crippen LogP contribution in [0.2, 0.25) is 0 Å². The lowest BCUT2D eigenvalue weighted by molar-refractivity contribution is 0.0692. The molecule has 4 nitrogen and oxygen atoms in total. The van der Waals surface area contributed by atoms with Crippen LogP contribution in [0.25, 0.3) is 0 Å². The van der Waals surface area contributed by atoms with E-state index in [-0.39, 0.29) is 23.1 Å². The highest BCUT2D eigenvalue weighted by atomic mass is 19.1. The van der Waals surface area contributed by atoms with E-state index in [0.29, 0.717) is 5.92 Å². The van der Waals surface area contributed by atoms with E-state index in [0.717, 1.165) is 31.7 Å². The molecule has 0 amide bonds. The van der Waals surface area contributed by atoms with Crippen LogP contribution in [0.15, 0.2) is 12.1 Å². The fourth-order valence-corrected chi connectivity index (χ4v) is 2.80. The Balaban J connectivity index is 2.23. The lowest BCUT2D eigenvalue weighted by Crippen LogP contribution is -2.30. The van der Waals surface area contributed by atoms with E-state index in [1.165, 1.54) is 12.5 Å². The second-order valence-corrected chi connectivity index (χ2v) is 5.28. The molecule has 0 radical (unpaired) electrons. The number of carbonyl (C=O) groups is 1. The number of nitrogen functional groups attached to an aromatic ring is 1. The van der Waals surface area contributed by atoms with Crippen molar-refractivity contribution in [3.63, 3.8) is 0 Å². The summed E-state index contributed by atoms with van der Waals surface area (Å²) in [5, 5.41) is 9.03. The molecule has 1 aromatic rings. The molecule has 5 heteroatoms. The first-order chi connectivity index (χ1) is 9.52. The molecule has 1 saturated carbocycles. The topological polar surface area (TPSA) is 72.5 Å². The van der Waals surface area contributed by atoms with E-state index in [9.17, 15) is 9.18 Å². The van der Waals surface area contributed by atoms with Gasteiger partial charge in [0.1, 0.15) is 6.10 Å². The highest BCUT2D eigenvalue weighted by Crippen LogP contribution is 2.32. The van der Waals surface area contributed by atoms with Gasteiger partial charge in [-0.2, -0.15) is 0 Å². The summed E-state index contributed by atoms with van der Waals surface area (Å²) in [6, 6.07) is 2.21. The van der Waals surface area contributed by atoms with Gasteiger partial charge in [-0.15, -0.1) is 0 Å². The van der Waals surface area contributed by atoms with Crippen molar-refractivity contribution in [3.05, 3.63) is 23.5 Å². The van der Waals surface area contributed by atoms with Crippen molar-refractivity contribution in [1.29, 1.82) is 0 Å². The molecule has 2 rings (SSSR count). The number of benzene rings is 1. The quantitative estimate of drug-likeness (QED) is 0.829. The molecule has 1 fully saturated rings. The fourth-order valence-electron chi connectivity index (χ4n) is 2.80. The van der Waals surface area contributed by atoms with Crippen molar-refractivity contribution in [3.8, 4) is 5.75 Å². The largest absolute Gasteiger partial charge is 0.487 e. The molecule has 0 aliphatic heterocycles. The Labute approximate surface area is 117 Å². The van der Waals surface area contributed by atoms with E-state index in [1.807, 2.05) is 0 Å². The Morgan fingerprint density at radius 3 is 2.80 bits per heavy atom. The van der Waals surface area contributed by atoms with Crippen molar-refractivity contribution >= 4 is 11.7 Å². The smallest absolute Gasteiger partial charge is 0.337 e. The minimum atomic E-state index is -1.18. The predicted octanol–water partition coefficient (Wildman–Crippen LogP) is 3.45. The van der Waals surface area contributed by atoms with Crippen LogP contribution >= 0.6 is 0 Å². The summed E-state index contributed by atoms with van der Waals surface area (Å²) in [5.41, 5.74) is 5.30. The molecule has 2 unspecified atom stereocenters. The molecule has 110 valence electrons. The summed E-state index contributed by atoms with van der Waals surface area (Å²) >= 11 is 0. The van der Waals surface area contributed by atoms with Crippen LogP contribution in [0.1, 0.15) is 49.4 Å². The van der Waals surface area contributed by atoms with Crippen LogP contribution < -0.4 is 10.5 Å². The average Bonchev–Trinajstić information content (AvgIpc) is 2.42. The summed E-state index contributed by atoms with van der Waals surface area (Å²) in [4.78, 5) is 11.0. The van der Waals surface area contributed by atoms with Gasteiger partial charge in [0.05, 0.1) is 5.56 Å². The van der Waals surface area contributed by atoms with Crippen molar-refractivity contribution in [2.45, 2.75) is 45.1 Å². The zero-order chi connectivity index (χ0) is 14.7. The first-order valence-electron chi connectivity index (χ1n) is 7.02. The first kappa shape index (κ1) is 14.6. The van der Waals surface area contributed by atoms with Crippen LogP contribution in [-0.2, 0) is 0 Å². The van der Waals surface area contributed by atoms with Gasteiger partial charge >= 0.3 is 5.97 Å². The number of nitrogens with two attached hydrogens (primary N) is 1. The number of hydrogen-bond acceptors (Lipinski definition) is 3. The van der Waals surface area contributed by atoms with E-state index in [4.69, 9.17) is 15.6 Å². The standard InChI is InChI=1S/C15H20FNO3/c1-2-9-5-3-4-6-13(9)20-14-7-10(15(18)19)12(17)8-11(14)16/h7-9,13H,2-6,17H2,1H3,(H,18,19). The maximum atomic E-state index is 13.9. The number of halogens is 1. The minimum Gasteiger partial charge on any atom is -0.487 e. The molecule has 2 atom stereocenters. The number of aromatic carboxylic acids is 1. The third-order valence-electron chi connectivity index (χ3n) is 3.98. The van der Waals surface area contributed by atoms with Gasteiger partial charge in [-0.1, -0.05) is 13.3 Å². The van der Waals surface area contributed by atoms with Gasteiger partial charge in [0.2, 0.25) is 0 Å². The monoisotopic (exact) mass is 281 g/mol. The van der Waals surface area contributed by atoms with Gasteiger partial charge in [0.25, 0.3) is 0 Å². The Bertz CT molecular complexity index is 504. The molecule has 0 spiro atoms. The molecule has 1 aromatic carbocycles. The second-order valence-electron chi connectivity index (χ2n) is 5.28. The van der Waals surface area contributed by atoms with Crippen molar-refractivity contribution in [1.82, 2.24) is 0 Å². The number of hydrogen-bond donors (Lipinski definition) is 2. The van der Waals surface area contributed by atoms with Gasteiger partial charge < -0.3 is 15.6 Å². The van der Waals surface area contributed by atoms with Gasteiger partial charge in [-0.25, -0.2) is 9.18 Å². The third kappa shape index (κ3) is 3.03. The summed E-state index contributed by atoms with van der Waals surface area (Å²) in [6.45, 7) is 2.09. The van der Waals surface area contributed by atoms with E-state index >= 15 is 0 Å². The maximum absolute atomic E-state index is 13.9. The van der Waals surface area contributed by atoms with E-state index in [1.54, 1.807) is 0 Å². The number of carboxylic acid groups (broad SMARTS) is 1. The van der Waals surface area contributed by atoms with Crippen molar-refractivity contribution in [2.24, 2.45) is 5.92 Å². The lowest BCUT2D eigenvalue weighted by Gasteiger charge is -2.31. The number of ether oxygens (including phenoxy) is 1. The molecule has 0 heterocycles. The molecule has 1 aliphatic carbocycles. The van der Waals surface area contributed by atoms with Gasteiger partial charge in [-0.05, 0) is 37.7 Å². The van der Waals surface area contributed by atoms with Crippen molar-refractivity contribution < 1.29 is 19.0 Å². The predicted molar refractivity (Wildman–Crippen MR) is 74.4 cm³/mol. The highest BCUT2D eigenvalue weighted by molar-refractivity contribution is 5.94. The number of carboxylic acids is 1. The molecule has 3 N–H and O–H groups in total. The summed E-state index contributed by atoms with van der Waals surface area (Å²) in [5.74, 6) is -1.40. The maximum Gasteiger partial charge on any atom is 0.337 e. The zero-order valence-corrected chi connectivity index (χ0v) is 11.6. The third-order valence-corrected chi connectivity index (χ3v) is 3.98. The van der Waals surface area contributed by atoms with Crippen molar-refractivity contribution in [2.75, 3.05) is 5.73 Å². The van der Waals surface area contributed by atoms with Crippen LogP contribution in [0.4, 0.5) is 10.1 Å². The molecule has 0 saturated heterocycles. The lowest BCUT2D eigenvalue weighted by atomic mass is 9.85. The Hall–Kier alpha value is -1.78. The van der Waals surface area contributed by atoms with Crippen LogP contribution in [-0.4, -0.2) is 17.2 Å². The number of rotatable bonds is 4. The van der Waals surface area contributed by atoms with E-state index < -0.39 is 11.8 Å². The Kier molecular flexibility index (Phi) is 4.47. The zero-order valence-electron chi connectivity index (χ0n) is 11.6. The van der Waals surface area contributed by atoms with E-state index in [2.05, 4.69) is 6.92 Å². The van der Waals surface area contributed by atoms with Crippen LogP contribution in [0, 0.1) is 11.7 Å². The second kappa shape index (κ2) is 6.11. The van der Waals surface area contributed by atoms with Gasteiger partial charge in [-0.3, -0.25) is 0 Å². The average molecular weight is 281 g/mol. The first-order valence-corrected chi connectivity index (χ1v) is 7.02. The molecule has 0 aromatic heterocycles. The van der Waals surface area contributed by atoms with Crippen LogP contribution in [0.3, 0.4) is 0 Å². The van der Waals surface area contributed by atoms with Crippen LogP contribution in [0.5, 0.6) is 5.75 Å². The molecular weight excluding hydrogens is 261 g/mol. The summed E-state index contributed by atoms with van der Waals surface area (Å²) < 4.78 is 19.6. The minimum absolute atomic E-state index is 0.0121. The fraction of sp³-hybridized carbons (Fsp3) is 0.533. The molecule has 1 aliphatic rings. The normalized spacial score (nSPS) is 22.5. The summed E-state index contributed by atoms with van der Waals surface area (Å²) in [7, 11) is 0. The number of anilines is 1.